The van der Waals surface area contributed by atoms with Crippen molar-refractivity contribution in [3.8, 4) is 0 Å². The highest BCUT2D eigenvalue weighted by Gasteiger charge is 2.16. The highest BCUT2D eigenvalue weighted by Crippen LogP contribution is 2.35. The van der Waals surface area contributed by atoms with Gasteiger partial charge in [-0.15, -0.1) is 22.7 Å². The summed E-state index contributed by atoms with van der Waals surface area (Å²) in [5.74, 6) is 0. The lowest BCUT2D eigenvalue weighted by Crippen LogP contribution is -2.14. The average Bonchev–Trinajstić information content (AvgIpc) is 2.77. The van der Waals surface area contributed by atoms with Crippen LogP contribution in [0.3, 0.4) is 0 Å². The zero-order valence-electron chi connectivity index (χ0n) is 9.50. The summed E-state index contributed by atoms with van der Waals surface area (Å²) >= 11 is 7.29. The number of hydrogen-bond acceptors (Lipinski definition) is 3. The molecule has 0 bridgehead atoms. The van der Waals surface area contributed by atoms with Gasteiger partial charge in [0.2, 0.25) is 0 Å². The summed E-state index contributed by atoms with van der Waals surface area (Å²) in [4.78, 5) is 5.45. The van der Waals surface area contributed by atoms with Gasteiger partial charge >= 0.3 is 0 Å². The molecule has 0 amide bonds. The lowest BCUT2D eigenvalue weighted by molar-refractivity contribution is 0.716. The Kier molecular flexibility index (Phi) is 3.85. The molecule has 0 aliphatic rings. The van der Waals surface area contributed by atoms with E-state index in [2.05, 4.69) is 53.3 Å². The molecule has 16 heavy (non-hydrogen) atoms. The van der Waals surface area contributed by atoms with Crippen molar-refractivity contribution < 1.29 is 0 Å². The van der Waals surface area contributed by atoms with Gasteiger partial charge in [0.25, 0.3) is 0 Å². The summed E-state index contributed by atoms with van der Waals surface area (Å²) in [6.07, 6.45) is 0. The highest BCUT2D eigenvalue weighted by atomic mass is 79.9. The molecule has 2 rings (SSSR count). The van der Waals surface area contributed by atoms with Gasteiger partial charge in [0.1, 0.15) is 0 Å². The Morgan fingerprint density at radius 3 is 2.38 bits per heavy atom. The van der Waals surface area contributed by atoms with Crippen LogP contribution in [0.25, 0.3) is 0 Å². The Labute approximate surface area is 113 Å². The smallest absolute Gasteiger partial charge is 0.0763 e. The molecule has 1 unspecified atom stereocenters. The predicted octanol–water partition coefficient (Wildman–Crippen LogP) is 4.50. The van der Waals surface area contributed by atoms with E-state index >= 15 is 0 Å². The minimum absolute atomic E-state index is 0.327. The molecule has 86 valence electrons. The monoisotopic (exact) mass is 315 g/mol. The molecule has 0 spiro atoms. The van der Waals surface area contributed by atoms with Crippen molar-refractivity contribution in [3.05, 3.63) is 42.2 Å². The van der Waals surface area contributed by atoms with Crippen LogP contribution in [-0.2, 0) is 0 Å². The van der Waals surface area contributed by atoms with Gasteiger partial charge in [-0.2, -0.15) is 0 Å². The first kappa shape index (κ1) is 12.3. The first-order valence-corrected chi connectivity index (χ1v) is 7.54. The first-order chi connectivity index (χ1) is 7.61. The van der Waals surface area contributed by atoms with E-state index in [1.807, 2.05) is 29.7 Å². The van der Waals surface area contributed by atoms with E-state index in [0.29, 0.717) is 6.04 Å². The molecule has 0 aliphatic heterocycles. The van der Waals surface area contributed by atoms with E-state index in [1.165, 1.54) is 24.0 Å². The Morgan fingerprint density at radius 1 is 1.19 bits per heavy atom. The molecule has 0 radical (unpaired) electrons. The van der Waals surface area contributed by atoms with Gasteiger partial charge in [-0.05, 0) is 55.0 Å². The van der Waals surface area contributed by atoms with Crippen molar-refractivity contribution in [2.24, 2.45) is 0 Å². The van der Waals surface area contributed by atoms with Crippen LogP contribution in [0.5, 0.6) is 0 Å². The van der Waals surface area contributed by atoms with E-state index in [-0.39, 0.29) is 0 Å². The molecule has 0 aromatic carbocycles. The van der Waals surface area contributed by atoms with Gasteiger partial charge in [0.15, 0.2) is 0 Å². The van der Waals surface area contributed by atoms with Crippen molar-refractivity contribution in [2.75, 3.05) is 7.05 Å². The minimum atomic E-state index is 0.327. The molecular weight excluding hydrogens is 302 g/mol. The summed E-state index contributed by atoms with van der Waals surface area (Å²) in [5.41, 5.74) is 0. The molecule has 0 aliphatic carbocycles. The Balaban J connectivity index is 2.36. The molecule has 1 atom stereocenters. The van der Waals surface area contributed by atoms with Crippen LogP contribution in [0.1, 0.15) is 25.6 Å². The van der Waals surface area contributed by atoms with Crippen molar-refractivity contribution in [2.45, 2.75) is 19.9 Å². The number of nitrogens with one attached hydrogen (secondary N) is 1. The second-order valence-electron chi connectivity index (χ2n) is 3.72. The van der Waals surface area contributed by atoms with Crippen LogP contribution < -0.4 is 5.32 Å². The maximum absolute atomic E-state index is 3.58. The molecule has 0 saturated heterocycles. The zero-order chi connectivity index (χ0) is 11.7. The van der Waals surface area contributed by atoms with Crippen molar-refractivity contribution in [3.63, 3.8) is 0 Å². The molecule has 1 N–H and O–H groups in total. The van der Waals surface area contributed by atoms with Gasteiger partial charge in [-0.25, -0.2) is 0 Å². The van der Waals surface area contributed by atoms with Crippen molar-refractivity contribution in [1.29, 1.82) is 0 Å². The highest BCUT2D eigenvalue weighted by molar-refractivity contribution is 9.10. The summed E-state index contributed by atoms with van der Waals surface area (Å²) in [5, 5.41) is 3.39. The van der Waals surface area contributed by atoms with Gasteiger partial charge in [0.05, 0.1) is 6.04 Å². The summed E-state index contributed by atoms with van der Waals surface area (Å²) in [6.45, 7) is 4.29. The lowest BCUT2D eigenvalue weighted by atomic mass is 10.2. The largest absolute Gasteiger partial charge is 0.308 e. The third-order valence-corrected chi connectivity index (χ3v) is 5.76. The Hall–Kier alpha value is -0.160. The summed E-state index contributed by atoms with van der Waals surface area (Å²) in [6, 6.07) is 6.94. The van der Waals surface area contributed by atoms with E-state index in [9.17, 15) is 0 Å². The van der Waals surface area contributed by atoms with Gasteiger partial charge in [0, 0.05) is 24.0 Å². The van der Waals surface area contributed by atoms with Crippen LogP contribution in [0.15, 0.2) is 22.7 Å². The average molecular weight is 316 g/mol. The van der Waals surface area contributed by atoms with Crippen molar-refractivity contribution in [1.82, 2.24) is 5.32 Å². The molecule has 0 saturated carbocycles. The van der Waals surface area contributed by atoms with Crippen LogP contribution in [0, 0.1) is 13.8 Å². The van der Waals surface area contributed by atoms with E-state index in [4.69, 9.17) is 0 Å². The number of halogens is 1. The van der Waals surface area contributed by atoms with Crippen LogP contribution in [0.2, 0.25) is 0 Å². The SMILES string of the molecule is CNC(c1ccc(C)s1)c1cc(Br)c(C)s1. The van der Waals surface area contributed by atoms with Gasteiger partial charge < -0.3 is 5.32 Å². The fourth-order valence-electron chi connectivity index (χ4n) is 1.66. The maximum Gasteiger partial charge on any atom is 0.0763 e. The third kappa shape index (κ3) is 2.40. The quantitative estimate of drug-likeness (QED) is 0.879. The van der Waals surface area contributed by atoms with E-state index in [1.54, 1.807) is 0 Å². The lowest BCUT2D eigenvalue weighted by Gasteiger charge is -2.12. The molecular formula is C12H14BrNS2. The normalized spacial score (nSPS) is 13.0. The van der Waals surface area contributed by atoms with Crippen molar-refractivity contribution >= 4 is 38.6 Å². The first-order valence-electron chi connectivity index (χ1n) is 5.11. The fraction of sp³-hybridized carbons (Fsp3) is 0.333. The molecule has 4 heteroatoms. The van der Waals surface area contributed by atoms with Crippen LogP contribution >= 0.6 is 38.6 Å². The van der Waals surface area contributed by atoms with Gasteiger partial charge in [-0.1, -0.05) is 0 Å². The molecule has 2 aromatic rings. The fourth-order valence-corrected chi connectivity index (χ4v) is 4.43. The second kappa shape index (κ2) is 5.00. The minimum Gasteiger partial charge on any atom is -0.308 e. The summed E-state index contributed by atoms with van der Waals surface area (Å²) < 4.78 is 1.21. The second-order valence-corrected chi connectivity index (χ2v) is 7.18. The summed E-state index contributed by atoms with van der Waals surface area (Å²) in [7, 11) is 2.02. The van der Waals surface area contributed by atoms with E-state index < -0.39 is 0 Å². The number of rotatable bonds is 3. The standard InChI is InChI=1S/C12H14BrNS2/c1-7-4-5-10(15-7)12(14-3)11-6-9(13)8(2)16-11/h4-6,12,14H,1-3H3. The topological polar surface area (TPSA) is 12.0 Å². The Morgan fingerprint density at radius 2 is 1.94 bits per heavy atom. The molecule has 2 aromatic heterocycles. The van der Waals surface area contributed by atoms with Crippen LogP contribution in [0.4, 0.5) is 0 Å². The number of hydrogen-bond donors (Lipinski definition) is 1. The predicted molar refractivity (Wildman–Crippen MR) is 76.7 cm³/mol. The van der Waals surface area contributed by atoms with Crippen LogP contribution in [-0.4, -0.2) is 7.05 Å². The maximum atomic E-state index is 3.58. The third-order valence-electron chi connectivity index (χ3n) is 2.50. The molecule has 1 nitrogen and oxygen atoms in total. The number of aryl methyl sites for hydroxylation is 2. The molecule has 0 fully saturated rings. The molecule has 2 heterocycles. The zero-order valence-corrected chi connectivity index (χ0v) is 12.7. The Bertz CT molecular complexity index is 467. The number of thiophene rings is 2. The van der Waals surface area contributed by atoms with Gasteiger partial charge in [-0.3, -0.25) is 0 Å². The van der Waals surface area contributed by atoms with E-state index in [0.717, 1.165) is 0 Å².